The van der Waals surface area contributed by atoms with Gasteiger partial charge < -0.3 is 14.5 Å². The number of likely N-dealkylation sites (N-methyl/N-ethyl adjacent to an activating group) is 1. The Labute approximate surface area is 128 Å². The number of hydrogen-bond acceptors (Lipinski definition) is 3. The van der Waals surface area contributed by atoms with E-state index in [1.165, 1.54) is 10.5 Å². The standard InChI is InChI=1S/C17H23N3O/c1-19(2)12-13-20(17-6-4-5-11-18-17)14-15-7-9-16(21-3)10-8-15/h4-11H,12-14H2,1-3H3/p+1/i5T. The zero-order valence-electron chi connectivity index (χ0n) is 14.0. The number of rotatable bonds is 7. The predicted molar refractivity (Wildman–Crippen MR) is 86.0 cm³/mol. The Kier molecular flexibility index (Phi) is 5.06. The van der Waals surface area contributed by atoms with Gasteiger partial charge in [-0.05, 0) is 29.8 Å². The normalized spacial score (nSPS) is 11.3. The van der Waals surface area contributed by atoms with Crippen molar-refractivity contribution in [3.05, 3.63) is 54.2 Å². The Morgan fingerprint density at radius 2 is 2.00 bits per heavy atom. The highest BCUT2D eigenvalue weighted by Gasteiger charge is 2.10. The highest BCUT2D eigenvalue weighted by molar-refractivity contribution is 5.39. The van der Waals surface area contributed by atoms with Crippen LogP contribution in [-0.2, 0) is 6.54 Å². The lowest BCUT2D eigenvalue weighted by atomic mass is 10.2. The minimum absolute atomic E-state index is 0.436. The largest absolute Gasteiger partial charge is 0.497 e. The molecular formula is C17H24N3O+. The van der Waals surface area contributed by atoms with Crippen LogP contribution < -0.4 is 14.5 Å². The maximum absolute atomic E-state index is 7.57. The van der Waals surface area contributed by atoms with Crippen LogP contribution in [0.4, 0.5) is 5.82 Å². The minimum Gasteiger partial charge on any atom is -0.497 e. The first-order valence-corrected chi connectivity index (χ1v) is 7.18. The lowest BCUT2D eigenvalue weighted by molar-refractivity contribution is -0.856. The van der Waals surface area contributed by atoms with E-state index in [0.717, 1.165) is 31.2 Å². The molecule has 112 valence electrons. The molecule has 0 amide bonds. The molecule has 21 heavy (non-hydrogen) atoms. The summed E-state index contributed by atoms with van der Waals surface area (Å²) in [4.78, 5) is 8.04. The van der Waals surface area contributed by atoms with Crippen molar-refractivity contribution in [2.24, 2.45) is 0 Å². The molecule has 1 heterocycles. The number of ether oxygens (including phenoxy) is 1. The van der Waals surface area contributed by atoms with Gasteiger partial charge in [-0.2, -0.15) is 0 Å². The molecule has 0 radical (unpaired) electrons. The summed E-state index contributed by atoms with van der Waals surface area (Å²) < 4.78 is 12.8. The molecule has 0 spiro atoms. The predicted octanol–water partition coefficient (Wildman–Crippen LogP) is 1.24. The van der Waals surface area contributed by atoms with Gasteiger partial charge in [-0.3, -0.25) is 0 Å². The summed E-state index contributed by atoms with van der Waals surface area (Å²) in [6, 6.07) is 12.2. The number of methoxy groups -OCH3 is 1. The fraction of sp³-hybridized carbons (Fsp3) is 0.353. The van der Waals surface area contributed by atoms with Gasteiger partial charge in [0.15, 0.2) is 0 Å². The molecule has 0 bridgehead atoms. The van der Waals surface area contributed by atoms with E-state index in [1.54, 1.807) is 19.4 Å². The van der Waals surface area contributed by atoms with Crippen molar-refractivity contribution >= 4 is 5.82 Å². The van der Waals surface area contributed by atoms with Crippen LogP contribution in [0.25, 0.3) is 0 Å². The number of nitrogens with zero attached hydrogens (tertiary/aromatic N) is 2. The van der Waals surface area contributed by atoms with Crippen molar-refractivity contribution in [3.63, 3.8) is 0 Å². The summed E-state index contributed by atoms with van der Waals surface area (Å²) in [5.74, 6) is 1.78. The van der Waals surface area contributed by atoms with Gasteiger partial charge in [-0.15, -0.1) is 0 Å². The lowest BCUT2D eigenvalue weighted by Crippen LogP contribution is -3.06. The maximum Gasteiger partial charge on any atom is 0.128 e. The van der Waals surface area contributed by atoms with Crippen molar-refractivity contribution in [2.75, 3.05) is 39.2 Å². The van der Waals surface area contributed by atoms with Crippen LogP contribution in [0.5, 0.6) is 5.75 Å². The molecule has 4 nitrogen and oxygen atoms in total. The third-order valence-corrected chi connectivity index (χ3v) is 3.34. The zero-order chi connectivity index (χ0) is 15.9. The molecule has 0 unspecified atom stereocenters. The Balaban J connectivity index is 2.13. The fourth-order valence-corrected chi connectivity index (χ4v) is 2.08. The zero-order valence-corrected chi connectivity index (χ0v) is 13.0. The third kappa shape index (κ3) is 4.76. The van der Waals surface area contributed by atoms with Crippen LogP contribution in [0.2, 0.25) is 0 Å². The molecule has 2 aromatic rings. The molecule has 0 fully saturated rings. The second kappa shape index (κ2) is 7.64. The lowest BCUT2D eigenvalue weighted by Gasteiger charge is -2.24. The summed E-state index contributed by atoms with van der Waals surface area (Å²) in [5, 5.41) is 0. The average molecular weight is 288 g/mol. The molecule has 0 aliphatic heterocycles. The van der Waals surface area contributed by atoms with Gasteiger partial charge in [0.2, 0.25) is 0 Å². The van der Waals surface area contributed by atoms with Crippen molar-refractivity contribution in [3.8, 4) is 5.75 Å². The SMILES string of the molecule is [3H]c1ccc(N(CC[NH+](C)C)Cc2ccc(OC)cc2)nc1. The van der Waals surface area contributed by atoms with Gasteiger partial charge in [0.1, 0.15) is 11.6 Å². The average Bonchev–Trinajstić information content (AvgIpc) is 2.53. The van der Waals surface area contributed by atoms with E-state index < -0.39 is 0 Å². The molecule has 1 N–H and O–H groups in total. The molecule has 1 aromatic carbocycles. The number of hydrogen-bond donors (Lipinski definition) is 1. The topological polar surface area (TPSA) is 29.8 Å². The summed E-state index contributed by atoms with van der Waals surface area (Å²) in [5.41, 5.74) is 1.21. The number of anilines is 1. The Hall–Kier alpha value is -2.07. The number of nitrogens with one attached hydrogen (secondary N) is 1. The first kappa shape index (κ1) is 13.9. The van der Waals surface area contributed by atoms with Gasteiger partial charge in [-0.1, -0.05) is 18.2 Å². The van der Waals surface area contributed by atoms with Crippen molar-refractivity contribution in [2.45, 2.75) is 6.54 Å². The molecule has 4 heteroatoms. The second-order valence-corrected chi connectivity index (χ2v) is 5.34. The summed E-state index contributed by atoms with van der Waals surface area (Å²) >= 11 is 0. The van der Waals surface area contributed by atoms with Crippen molar-refractivity contribution in [1.29, 1.82) is 0 Å². The van der Waals surface area contributed by atoms with Crippen molar-refractivity contribution < 1.29 is 11.0 Å². The molecular weight excluding hydrogens is 262 g/mol. The quantitative estimate of drug-likeness (QED) is 0.831. The summed E-state index contributed by atoms with van der Waals surface area (Å²) in [7, 11) is 5.96. The van der Waals surface area contributed by atoms with Crippen LogP contribution in [-0.4, -0.2) is 39.3 Å². The van der Waals surface area contributed by atoms with Gasteiger partial charge in [0, 0.05) is 12.7 Å². The van der Waals surface area contributed by atoms with E-state index in [4.69, 9.17) is 6.11 Å². The molecule has 0 saturated heterocycles. The van der Waals surface area contributed by atoms with Crippen LogP contribution in [0.3, 0.4) is 0 Å². The van der Waals surface area contributed by atoms with E-state index in [1.807, 2.05) is 18.2 Å². The number of quaternary nitrogens is 1. The minimum atomic E-state index is 0.436. The Morgan fingerprint density at radius 3 is 2.57 bits per heavy atom. The molecule has 0 aliphatic carbocycles. The van der Waals surface area contributed by atoms with Crippen LogP contribution in [0, 0.1) is 0 Å². The molecule has 0 atom stereocenters. The monoisotopic (exact) mass is 288 g/mol. The van der Waals surface area contributed by atoms with Crippen LogP contribution in [0.1, 0.15) is 6.93 Å². The highest BCUT2D eigenvalue weighted by atomic mass is 16.5. The number of benzene rings is 1. The Morgan fingerprint density at radius 1 is 1.24 bits per heavy atom. The van der Waals surface area contributed by atoms with E-state index in [2.05, 4.69) is 36.1 Å². The summed E-state index contributed by atoms with van der Waals surface area (Å²) in [6.45, 7) is 2.74. The highest BCUT2D eigenvalue weighted by Crippen LogP contribution is 2.16. The summed E-state index contributed by atoms with van der Waals surface area (Å²) in [6.07, 6.45) is 1.60. The van der Waals surface area contributed by atoms with E-state index >= 15 is 0 Å². The van der Waals surface area contributed by atoms with Crippen molar-refractivity contribution in [1.82, 2.24) is 4.98 Å². The van der Waals surface area contributed by atoms with E-state index in [9.17, 15) is 0 Å². The molecule has 2 rings (SSSR count). The van der Waals surface area contributed by atoms with Gasteiger partial charge in [0.05, 0.1) is 35.7 Å². The first-order chi connectivity index (χ1) is 10.6. The van der Waals surface area contributed by atoms with Crippen LogP contribution >= 0.6 is 0 Å². The molecule has 1 aromatic heterocycles. The van der Waals surface area contributed by atoms with Gasteiger partial charge in [-0.25, -0.2) is 4.98 Å². The third-order valence-electron chi connectivity index (χ3n) is 3.34. The molecule has 0 saturated carbocycles. The first-order valence-electron chi connectivity index (χ1n) is 7.68. The Bertz CT molecular complexity index is 569. The smallest absolute Gasteiger partial charge is 0.128 e. The van der Waals surface area contributed by atoms with Gasteiger partial charge in [0.25, 0.3) is 0 Å². The second-order valence-electron chi connectivity index (χ2n) is 5.34. The molecule has 0 aliphatic rings. The number of aromatic nitrogens is 1. The fourth-order valence-electron chi connectivity index (χ4n) is 2.08. The number of pyridine rings is 1. The van der Waals surface area contributed by atoms with Crippen LogP contribution in [0.15, 0.2) is 48.6 Å². The maximum atomic E-state index is 7.57. The van der Waals surface area contributed by atoms with E-state index in [-0.39, 0.29) is 0 Å². The van der Waals surface area contributed by atoms with Gasteiger partial charge >= 0.3 is 0 Å². The van der Waals surface area contributed by atoms with E-state index in [0.29, 0.717) is 6.04 Å².